The molecule has 0 aromatic carbocycles. The minimum absolute atomic E-state index is 0.504. The van der Waals surface area contributed by atoms with Crippen molar-refractivity contribution in [2.24, 2.45) is 0 Å². The third-order valence-corrected chi connectivity index (χ3v) is 4.08. The van der Waals surface area contributed by atoms with Crippen molar-refractivity contribution in [1.29, 1.82) is 5.26 Å². The first-order chi connectivity index (χ1) is 7.10. The fourth-order valence-electron chi connectivity index (χ4n) is 1.18. The van der Waals surface area contributed by atoms with Crippen molar-refractivity contribution in [2.75, 3.05) is 14.2 Å². The van der Waals surface area contributed by atoms with Gasteiger partial charge in [0.15, 0.2) is 0 Å². The van der Waals surface area contributed by atoms with Crippen molar-refractivity contribution in [3.8, 4) is 6.07 Å². The molecule has 0 spiro atoms. The van der Waals surface area contributed by atoms with Crippen LogP contribution in [-0.4, -0.2) is 14.2 Å². The van der Waals surface area contributed by atoms with E-state index in [-0.39, 0.29) is 0 Å². The van der Waals surface area contributed by atoms with Crippen molar-refractivity contribution < 1.29 is 13.6 Å². The largest absolute Gasteiger partial charge is 0.356 e. The van der Waals surface area contributed by atoms with E-state index < -0.39 is 7.60 Å². The summed E-state index contributed by atoms with van der Waals surface area (Å²) in [7, 11) is -0.383. The van der Waals surface area contributed by atoms with Gasteiger partial charge >= 0.3 is 7.60 Å². The highest BCUT2D eigenvalue weighted by atomic mass is 31.2. The summed E-state index contributed by atoms with van der Waals surface area (Å²) in [6, 6.07) is 2.08. The van der Waals surface area contributed by atoms with Crippen LogP contribution in [0, 0.1) is 11.3 Å². The molecule has 0 unspecified atom stereocenters. The normalized spacial score (nSPS) is 11.0. The zero-order chi connectivity index (χ0) is 11.7. The predicted molar refractivity (Wildman–Crippen MR) is 59.5 cm³/mol. The molecule has 0 aliphatic heterocycles. The molecule has 5 heteroatoms. The molecule has 0 aromatic heterocycles. The second kappa shape index (κ2) is 7.64. The SMILES string of the molecule is C=C(CCCCCC#N)P(=O)(OC)OC. The summed E-state index contributed by atoms with van der Waals surface area (Å²) < 4.78 is 21.4. The molecule has 0 saturated carbocycles. The molecule has 0 atom stereocenters. The van der Waals surface area contributed by atoms with Crippen molar-refractivity contribution in [3.05, 3.63) is 11.9 Å². The van der Waals surface area contributed by atoms with E-state index in [4.69, 9.17) is 14.3 Å². The zero-order valence-electron chi connectivity index (χ0n) is 9.36. The van der Waals surface area contributed by atoms with E-state index >= 15 is 0 Å². The number of rotatable bonds is 8. The van der Waals surface area contributed by atoms with Gasteiger partial charge in [-0.1, -0.05) is 13.0 Å². The van der Waals surface area contributed by atoms with Crippen LogP contribution < -0.4 is 0 Å². The Kier molecular flexibility index (Phi) is 7.33. The van der Waals surface area contributed by atoms with Gasteiger partial charge in [0.25, 0.3) is 0 Å². The summed E-state index contributed by atoms with van der Waals surface area (Å²) in [5.41, 5.74) is 0. The van der Waals surface area contributed by atoms with Crippen molar-refractivity contribution in [1.82, 2.24) is 0 Å². The lowest BCUT2D eigenvalue weighted by Gasteiger charge is -2.15. The van der Waals surface area contributed by atoms with E-state index in [1.165, 1.54) is 14.2 Å². The Balaban J connectivity index is 3.84. The fourth-order valence-corrected chi connectivity index (χ4v) is 2.28. The zero-order valence-corrected chi connectivity index (χ0v) is 10.3. The molecule has 0 N–H and O–H groups in total. The van der Waals surface area contributed by atoms with Crippen molar-refractivity contribution in [3.63, 3.8) is 0 Å². The minimum atomic E-state index is -3.09. The lowest BCUT2D eigenvalue weighted by molar-refractivity contribution is 0.282. The molecule has 0 aliphatic rings. The Labute approximate surface area is 91.4 Å². The molecule has 4 nitrogen and oxygen atoms in total. The average molecular weight is 231 g/mol. The number of hydrogen-bond donors (Lipinski definition) is 0. The number of allylic oxidation sites excluding steroid dienone is 1. The summed E-state index contributed by atoms with van der Waals surface area (Å²) in [5.74, 6) is 0. The number of nitriles is 1. The first-order valence-electron chi connectivity index (χ1n) is 4.87. The van der Waals surface area contributed by atoms with E-state index in [1.807, 2.05) is 0 Å². The first kappa shape index (κ1) is 14.4. The monoisotopic (exact) mass is 231 g/mol. The number of unbranched alkanes of at least 4 members (excludes halogenated alkanes) is 3. The maximum absolute atomic E-state index is 11.8. The quantitative estimate of drug-likeness (QED) is 0.474. The van der Waals surface area contributed by atoms with Gasteiger partial charge in [-0.25, -0.2) is 0 Å². The fraction of sp³-hybridized carbons (Fsp3) is 0.700. The van der Waals surface area contributed by atoms with Gasteiger partial charge in [0.2, 0.25) is 0 Å². The summed E-state index contributed by atoms with van der Waals surface area (Å²) in [6.45, 7) is 3.71. The predicted octanol–water partition coefficient (Wildman–Crippen LogP) is 3.46. The number of nitrogens with zero attached hydrogens (tertiary/aromatic N) is 1. The van der Waals surface area contributed by atoms with E-state index in [9.17, 15) is 4.57 Å². The van der Waals surface area contributed by atoms with E-state index in [0.717, 1.165) is 19.3 Å². The third kappa shape index (κ3) is 5.13. The van der Waals surface area contributed by atoms with Gasteiger partial charge in [-0.05, 0) is 19.3 Å². The second-order valence-electron chi connectivity index (χ2n) is 3.15. The molecule has 0 fully saturated rings. The molecule has 0 radical (unpaired) electrons. The smallest absolute Gasteiger partial charge is 0.309 e. The third-order valence-electron chi connectivity index (χ3n) is 2.12. The highest BCUT2D eigenvalue weighted by Gasteiger charge is 2.24. The molecule has 0 amide bonds. The van der Waals surface area contributed by atoms with Gasteiger partial charge in [-0.15, -0.1) is 0 Å². The molecule has 0 saturated heterocycles. The molecule has 0 bridgehead atoms. The van der Waals surface area contributed by atoms with Crippen LogP contribution in [0.25, 0.3) is 0 Å². The van der Waals surface area contributed by atoms with Gasteiger partial charge in [0, 0.05) is 26.0 Å². The first-order valence-corrected chi connectivity index (χ1v) is 6.41. The molecule has 86 valence electrons. The lowest BCUT2D eigenvalue weighted by atomic mass is 10.1. The van der Waals surface area contributed by atoms with Gasteiger partial charge in [-0.3, -0.25) is 4.57 Å². The molecular formula is C10H18NO3P. The maximum atomic E-state index is 11.8. The van der Waals surface area contributed by atoms with Crippen LogP contribution in [0.4, 0.5) is 0 Å². The van der Waals surface area contributed by atoms with Crippen LogP contribution in [-0.2, 0) is 13.6 Å². The summed E-state index contributed by atoms with van der Waals surface area (Å²) >= 11 is 0. The highest BCUT2D eigenvalue weighted by molar-refractivity contribution is 7.58. The van der Waals surface area contributed by atoms with Crippen molar-refractivity contribution in [2.45, 2.75) is 32.1 Å². The van der Waals surface area contributed by atoms with Crippen molar-refractivity contribution >= 4 is 7.60 Å². The van der Waals surface area contributed by atoms with Gasteiger partial charge in [0.05, 0.1) is 6.07 Å². The summed E-state index contributed by atoms with van der Waals surface area (Å²) in [6.07, 6.45) is 3.84. The molecule has 0 aliphatic carbocycles. The van der Waals surface area contributed by atoms with E-state index in [1.54, 1.807) is 0 Å². The Morgan fingerprint density at radius 1 is 1.33 bits per heavy atom. The van der Waals surface area contributed by atoms with Crippen LogP contribution in [0.1, 0.15) is 32.1 Å². The molecule has 15 heavy (non-hydrogen) atoms. The molecule has 0 heterocycles. The van der Waals surface area contributed by atoms with Gasteiger partial charge in [0.1, 0.15) is 0 Å². The lowest BCUT2D eigenvalue weighted by Crippen LogP contribution is -1.92. The Bertz CT molecular complexity index is 275. The van der Waals surface area contributed by atoms with Crippen LogP contribution >= 0.6 is 7.60 Å². The second-order valence-corrected chi connectivity index (χ2v) is 5.51. The highest BCUT2D eigenvalue weighted by Crippen LogP contribution is 2.55. The van der Waals surface area contributed by atoms with Crippen LogP contribution in [0.2, 0.25) is 0 Å². The van der Waals surface area contributed by atoms with Gasteiger partial charge in [-0.2, -0.15) is 5.26 Å². The Morgan fingerprint density at radius 3 is 2.40 bits per heavy atom. The Morgan fingerprint density at radius 2 is 1.93 bits per heavy atom. The summed E-state index contributed by atoms with van der Waals surface area (Å²) in [4.78, 5) is 0. The minimum Gasteiger partial charge on any atom is -0.309 e. The average Bonchev–Trinajstić information content (AvgIpc) is 2.27. The van der Waals surface area contributed by atoms with E-state index in [2.05, 4.69) is 12.6 Å². The maximum Gasteiger partial charge on any atom is 0.356 e. The topological polar surface area (TPSA) is 59.3 Å². The Hall–Kier alpha value is -0.620. The molecule has 0 rings (SSSR count). The standard InChI is InChI=1S/C10H18NO3P/c1-10(15(12,13-2)14-3)8-6-4-5-7-9-11/h1,4-8H2,2-3H3. The van der Waals surface area contributed by atoms with Crippen LogP contribution in [0.15, 0.2) is 11.9 Å². The van der Waals surface area contributed by atoms with Crippen LogP contribution in [0.3, 0.4) is 0 Å². The molecule has 0 aromatic rings. The van der Waals surface area contributed by atoms with E-state index in [0.29, 0.717) is 18.2 Å². The van der Waals surface area contributed by atoms with Gasteiger partial charge < -0.3 is 9.05 Å². The summed E-state index contributed by atoms with van der Waals surface area (Å²) in [5, 5.41) is 8.83. The number of hydrogen-bond acceptors (Lipinski definition) is 4. The van der Waals surface area contributed by atoms with Crippen LogP contribution in [0.5, 0.6) is 0 Å². The molecular weight excluding hydrogens is 213 g/mol.